The fourth-order valence-corrected chi connectivity index (χ4v) is 3.50. The second-order valence-corrected chi connectivity index (χ2v) is 6.51. The summed E-state index contributed by atoms with van der Waals surface area (Å²) in [5.74, 6) is 0.555. The van der Waals surface area contributed by atoms with E-state index in [0.717, 1.165) is 49.5 Å². The molecule has 120 valence electrons. The molecule has 6 heteroatoms. The second-order valence-electron chi connectivity index (χ2n) is 6.51. The number of rotatable bonds is 3. The third-order valence-electron chi connectivity index (χ3n) is 4.66. The maximum absolute atomic E-state index is 4.61. The fourth-order valence-electron chi connectivity index (χ4n) is 3.50. The number of piperidine rings is 1. The quantitative estimate of drug-likeness (QED) is 0.744. The third-order valence-corrected chi connectivity index (χ3v) is 4.66. The Morgan fingerprint density at radius 3 is 2.78 bits per heavy atom. The smallest absolute Gasteiger partial charge is 0.155 e. The molecule has 23 heavy (non-hydrogen) atoms. The number of fused-ring (bicyclic) bond motifs is 1. The second kappa shape index (κ2) is 5.77. The summed E-state index contributed by atoms with van der Waals surface area (Å²) in [5, 5.41) is 4.61. The molecule has 0 spiro atoms. The van der Waals surface area contributed by atoms with Crippen molar-refractivity contribution < 1.29 is 0 Å². The van der Waals surface area contributed by atoms with Crippen molar-refractivity contribution in [2.75, 3.05) is 13.1 Å². The minimum Gasteiger partial charge on any atom is -0.340 e. The molecule has 0 amide bonds. The highest BCUT2D eigenvalue weighted by Crippen LogP contribution is 2.28. The number of aryl methyl sites for hydroxylation is 2. The van der Waals surface area contributed by atoms with Gasteiger partial charge in [-0.25, -0.2) is 14.5 Å². The lowest BCUT2D eigenvalue weighted by atomic mass is 9.93. The Hall–Kier alpha value is -2.21. The van der Waals surface area contributed by atoms with Crippen LogP contribution in [0.2, 0.25) is 0 Å². The summed E-state index contributed by atoms with van der Waals surface area (Å²) in [6, 6.07) is 4.16. The normalized spacial score (nSPS) is 17.1. The fraction of sp³-hybridized carbons (Fsp3) is 0.471. The molecule has 0 saturated carbocycles. The first kappa shape index (κ1) is 14.4. The van der Waals surface area contributed by atoms with Gasteiger partial charge in [-0.05, 0) is 38.9 Å². The molecular weight excluding hydrogens is 288 g/mol. The molecule has 3 aromatic heterocycles. The molecule has 0 radical (unpaired) electrons. The highest BCUT2D eigenvalue weighted by Gasteiger charge is 2.23. The Balaban J connectivity index is 1.46. The number of imidazole rings is 1. The van der Waals surface area contributed by atoms with Gasteiger partial charge in [-0.2, -0.15) is 5.10 Å². The zero-order chi connectivity index (χ0) is 15.8. The lowest BCUT2D eigenvalue weighted by Gasteiger charge is -2.31. The molecule has 0 N–H and O–H groups in total. The van der Waals surface area contributed by atoms with Gasteiger partial charge < -0.3 is 4.57 Å². The number of hydrogen-bond donors (Lipinski definition) is 0. The van der Waals surface area contributed by atoms with E-state index >= 15 is 0 Å². The van der Waals surface area contributed by atoms with Crippen LogP contribution in [0.5, 0.6) is 0 Å². The molecule has 1 fully saturated rings. The van der Waals surface area contributed by atoms with Crippen LogP contribution < -0.4 is 0 Å². The van der Waals surface area contributed by atoms with Gasteiger partial charge in [0.05, 0.1) is 17.7 Å². The minimum atomic E-state index is 0.555. The van der Waals surface area contributed by atoms with Crippen molar-refractivity contribution in [1.82, 2.24) is 29.0 Å². The lowest BCUT2D eigenvalue weighted by molar-refractivity contribution is 0.200. The minimum absolute atomic E-state index is 0.555. The molecule has 1 aliphatic rings. The molecule has 1 aliphatic heterocycles. The standard InChI is InChI=1S/C17H22N6/c1-13-9-17-18-6-3-16(23(17)20-13)14-4-7-22(8-5-14)11-15-10-21(2)12-19-15/h3,6,9-10,12,14H,4-5,7-8,11H2,1-2H3. The summed E-state index contributed by atoms with van der Waals surface area (Å²) in [4.78, 5) is 11.3. The van der Waals surface area contributed by atoms with Crippen molar-refractivity contribution in [3.05, 3.63) is 47.9 Å². The molecule has 0 unspecified atom stereocenters. The summed E-state index contributed by atoms with van der Waals surface area (Å²) in [6.07, 6.45) is 8.20. The van der Waals surface area contributed by atoms with Crippen molar-refractivity contribution in [3.8, 4) is 0 Å². The number of likely N-dealkylation sites (tertiary alicyclic amines) is 1. The van der Waals surface area contributed by atoms with Gasteiger partial charge in [0.1, 0.15) is 0 Å². The van der Waals surface area contributed by atoms with Crippen LogP contribution in [0, 0.1) is 6.92 Å². The van der Waals surface area contributed by atoms with Gasteiger partial charge in [0.15, 0.2) is 5.65 Å². The van der Waals surface area contributed by atoms with Crippen LogP contribution in [-0.4, -0.2) is 42.1 Å². The van der Waals surface area contributed by atoms with Crippen LogP contribution in [0.4, 0.5) is 0 Å². The van der Waals surface area contributed by atoms with E-state index in [1.165, 1.54) is 5.69 Å². The molecule has 0 aliphatic carbocycles. The van der Waals surface area contributed by atoms with E-state index in [1.807, 2.05) is 41.6 Å². The monoisotopic (exact) mass is 310 g/mol. The molecule has 0 aromatic carbocycles. The lowest BCUT2D eigenvalue weighted by Crippen LogP contribution is -2.33. The first-order valence-corrected chi connectivity index (χ1v) is 8.19. The molecule has 6 nitrogen and oxygen atoms in total. The SMILES string of the molecule is Cc1cc2nccc(C3CCN(Cc4cn(C)cn4)CC3)n2n1. The summed E-state index contributed by atoms with van der Waals surface area (Å²) in [7, 11) is 2.02. The van der Waals surface area contributed by atoms with Gasteiger partial charge >= 0.3 is 0 Å². The number of hydrogen-bond acceptors (Lipinski definition) is 4. The summed E-state index contributed by atoms with van der Waals surface area (Å²) in [5.41, 5.74) is 4.42. The first-order valence-electron chi connectivity index (χ1n) is 8.19. The summed E-state index contributed by atoms with van der Waals surface area (Å²) >= 11 is 0. The van der Waals surface area contributed by atoms with E-state index in [2.05, 4.69) is 32.2 Å². The molecule has 0 bridgehead atoms. The van der Waals surface area contributed by atoms with E-state index < -0.39 is 0 Å². The summed E-state index contributed by atoms with van der Waals surface area (Å²) in [6.45, 7) is 5.17. The van der Waals surface area contributed by atoms with Crippen molar-refractivity contribution in [2.24, 2.45) is 7.05 Å². The number of aromatic nitrogens is 5. The maximum atomic E-state index is 4.61. The zero-order valence-electron chi connectivity index (χ0n) is 13.7. The molecule has 0 atom stereocenters. The topological polar surface area (TPSA) is 51.2 Å². The maximum Gasteiger partial charge on any atom is 0.155 e. The predicted molar refractivity (Wildman–Crippen MR) is 88.2 cm³/mol. The Labute approximate surface area is 135 Å². The van der Waals surface area contributed by atoms with Gasteiger partial charge in [0.2, 0.25) is 0 Å². The van der Waals surface area contributed by atoms with Crippen molar-refractivity contribution in [3.63, 3.8) is 0 Å². The van der Waals surface area contributed by atoms with Crippen LogP contribution >= 0.6 is 0 Å². The van der Waals surface area contributed by atoms with Crippen LogP contribution in [0.1, 0.15) is 35.8 Å². The predicted octanol–water partition coefficient (Wildman–Crippen LogP) is 2.15. The zero-order valence-corrected chi connectivity index (χ0v) is 13.7. The highest BCUT2D eigenvalue weighted by molar-refractivity contribution is 5.40. The van der Waals surface area contributed by atoms with Crippen LogP contribution in [0.3, 0.4) is 0 Å². The van der Waals surface area contributed by atoms with E-state index in [0.29, 0.717) is 5.92 Å². The van der Waals surface area contributed by atoms with Crippen LogP contribution in [0.25, 0.3) is 5.65 Å². The molecular formula is C17H22N6. The van der Waals surface area contributed by atoms with Gasteiger partial charge in [-0.1, -0.05) is 0 Å². The third kappa shape index (κ3) is 2.86. The van der Waals surface area contributed by atoms with Crippen molar-refractivity contribution in [2.45, 2.75) is 32.2 Å². The Bertz CT molecular complexity index is 809. The average Bonchev–Trinajstić information content (AvgIpc) is 3.12. The van der Waals surface area contributed by atoms with E-state index in [1.54, 1.807) is 0 Å². The molecule has 4 rings (SSSR count). The molecule has 4 heterocycles. The number of nitrogens with zero attached hydrogens (tertiary/aromatic N) is 6. The van der Waals surface area contributed by atoms with Crippen LogP contribution in [-0.2, 0) is 13.6 Å². The van der Waals surface area contributed by atoms with E-state index in [-0.39, 0.29) is 0 Å². The van der Waals surface area contributed by atoms with Crippen LogP contribution in [0.15, 0.2) is 30.9 Å². The first-order chi connectivity index (χ1) is 11.2. The van der Waals surface area contributed by atoms with Gasteiger partial charge in [-0.3, -0.25) is 4.90 Å². The largest absolute Gasteiger partial charge is 0.340 e. The Morgan fingerprint density at radius 1 is 1.22 bits per heavy atom. The highest BCUT2D eigenvalue weighted by atomic mass is 15.3. The summed E-state index contributed by atoms with van der Waals surface area (Å²) < 4.78 is 4.03. The molecule has 3 aromatic rings. The Morgan fingerprint density at radius 2 is 2.04 bits per heavy atom. The van der Waals surface area contributed by atoms with Gasteiger partial charge in [0.25, 0.3) is 0 Å². The molecule has 1 saturated heterocycles. The average molecular weight is 310 g/mol. The van der Waals surface area contributed by atoms with Crippen molar-refractivity contribution >= 4 is 5.65 Å². The van der Waals surface area contributed by atoms with Crippen molar-refractivity contribution in [1.29, 1.82) is 0 Å². The van der Waals surface area contributed by atoms with E-state index in [4.69, 9.17) is 0 Å². The van der Waals surface area contributed by atoms with Gasteiger partial charge in [-0.15, -0.1) is 0 Å². The Kier molecular flexibility index (Phi) is 3.61. The van der Waals surface area contributed by atoms with E-state index in [9.17, 15) is 0 Å². The van der Waals surface area contributed by atoms with Gasteiger partial charge in [0, 0.05) is 43.7 Å².